The number of carbonyl (C=O) groups excluding carboxylic acids is 2. The number of rotatable bonds is 5. The third-order valence-corrected chi connectivity index (χ3v) is 5.71. The van der Waals surface area contributed by atoms with Crippen molar-refractivity contribution in [2.75, 3.05) is 6.61 Å². The van der Waals surface area contributed by atoms with Crippen LogP contribution >= 0.6 is 0 Å². The maximum atomic E-state index is 12.5. The number of esters is 1. The monoisotopic (exact) mass is 416 g/mol. The number of aromatic nitrogens is 2. The Labute approximate surface area is 180 Å². The second-order valence-corrected chi connectivity index (χ2v) is 7.91. The summed E-state index contributed by atoms with van der Waals surface area (Å²) in [6.07, 6.45) is 4.13. The molecule has 1 aliphatic carbocycles. The van der Waals surface area contributed by atoms with Gasteiger partial charge in [-0.25, -0.2) is 9.78 Å². The molecule has 0 saturated heterocycles. The summed E-state index contributed by atoms with van der Waals surface area (Å²) in [4.78, 5) is 29.3. The summed E-state index contributed by atoms with van der Waals surface area (Å²) >= 11 is 0. The highest BCUT2D eigenvalue weighted by Gasteiger charge is 2.33. The van der Waals surface area contributed by atoms with Crippen LogP contribution in [0.15, 0.2) is 48.5 Å². The Bertz CT molecular complexity index is 1150. The highest BCUT2D eigenvalue weighted by molar-refractivity contribution is 5.95. The molecule has 31 heavy (non-hydrogen) atoms. The summed E-state index contributed by atoms with van der Waals surface area (Å²) in [7, 11) is 0. The molecule has 158 valence electrons. The summed E-state index contributed by atoms with van der Waals surface area (Å²) in [5.74, 6) is -0.249. The predicted molar refractivity (Wildman–Crippen MR) is 116 cm³/mol. The SMILES string of the molecule is Cc1nc2cc(C(=O)OCC(=O)NC3(C#N)CCCCC3)ccc2n1-c1ccccc1. The molecule has 0 unspecified atom stereocenters. The van der Waals surface area contributed by atoms with E-state index in [1.165, 1.54) is 0 Å². The number of nitriles is 1. The number of nitrogens with zero attached hydrogens (tertiary/aromatic N) is 3. The fraction of sp³-hybridized carbons (Fsp3) is 0.333. The number of amides is 1. The van der Waals surface area contributed by atoms with E-state index in [1.54, 1.807) is 12.1 Å². The summed E-state index contributed by atoms with van der Waals surface area (Å²) in [6.45, 7) is 1.49. The molecule has 7 heteroatoms. The van der Waals surface area contributed by atoms with Crippen molar-refractivity contribution < 1.29 is 14.3 Å². The van der Waals surface area contributed by atoms with E-state index in [-0.39, 0.29) is 0 Å². The van der Waals surface area contributed by atoms with E-state index in [9.17, 15) is 14.9 Å². The van der Waals surface area contributed by atoms with Gasteiger partial charge >= 0.3 is 5.97 Å². The third kappa shape index (κ3) is 4.29. The van der Waals surface area contributed by atoms with Gasteiger partial charge in [-0.15, -0.1) is 0 Å². The standard InChI is InChI=1S/C24H24N4O3/c1-17-26-20-14-18(10-11-21(20)28(17)19-8-4-2-5-9-19)23(30)31-15-22(29)27-24(16-25)12-6-3-7-13-24/h2,4-5,8-11,14H,3,6-7,12-13,15H2,1H3,(H,27,29). The van der Waals surface area contributed by atoms with Crippen molar-refractivity contribution in [1.29, 1.82) is 5.26 Å². The molecule has 3 aromatic rings. The molecule has 0 bridgehead atoms. The Morgan fingerprint density at radius 3 is 2.61 bits per heavy atom. The molecule has 1 amide bonds. The Morgan fingerprint density at radius 1 is 1.16 bits per heavy atom. The minimum Gasteiger partial charge on any atom is -0.452 e. The molecule has 1 heterocycles. The first kappa shape index (κ1) is 20.6. The number of imidazole rings is 1. The number of benzene rings is 2. The van der Waals surface area contributed by atoms with Gasteiger partial charge in [0, 0.05) is 5.69 Å². The number of hydrogen-bond acceptors (Lipinski definition) is 5. The summed E-state index contributed by atoms with van der Waals surface area (Å²) in [5.41, 5.74) is 2.02. The van der Waals surface area contributed by atoms with Gasteiger partial charge in [0.2, 0.25) is 0 Å². The van der Waals surface area contributed by atoms with Gasteiger partial charge in [0.25, 0.3) is 5.91 Å². The molecule has 7 nitrogen and oxygen atoms in total. The predicted octanol–water partition coefficient (Wildman–Crippen LogP) is 3.83. The molecule has 0 atom stereocenters. The van der Waals surface area contributed by atoms with Crippen LogP contribution < -0.4 is 5.32 Å². The van der Waals surface area contributed by atoms with Crippen LogP contribution in [0.3, 0.4) is 0 Å². The van der Waals surface area contributed by atoms with Gasteiger partial charge in [0.1, 0.15) is 11.4 Å². The number of fused-ring (bicyclic) bond motifs is 1. The minimum absolute atomic E-state index is 0.325. The van der Waals surface area contributed by atoms with Crippen molar-refractivity contribution in [2.24, 2.45) is 0 Å². The molecule has 1 N–H and O–H groups in total. The van der Waals surface area contributed by atoms with Crippen LogP contribution in [0.1, 0.15) is 48.3 Å². The first-order valence-electron chi connectivity index (χ1n) is 10.5. The van der Waals surface area contributed by atoms with Crippen LogP contribution in [-0.2, 0) is 9.53 Å². The molecule has 0 spiro atoms. The zero-order valence-electron chi connectivity index (χ0n) is 17.4. The van der Waals surface area contributed by atoms with E-state index < -0.39 is 24.0 Å². The zero-order chi connectivity index (χ0) is 21.8. The summed E-state index contributed by atoms with van der Waals surface area (Å²) in [5, 5.41) is 12.2. The Hall–Kier alpha value is -3.66. The number of carbonyl (C=O) groups is 2. The van der Waals surface area contributed by atoms with Crippen molar-refractivity contribution in [2.45, 2.75) is 44.6 Å². The Kier molecular flexibility index (Phi) is 5.72. The first-order valence-corrected chi connectivity index (χ1v) is 10.5. The summed E-state index contributed by atoms with van der Waals surface area (Å²) < 4.78 is 7.21. The number of para-hydroxylation sites is 1. The van der Waals surface area contributed by atoms with Crippen molar-refractivity contribution in [3.63, 3.8) is 0 Å². The molecule has 1 aliphatic rings. The Balaban J connectivity index is 1.45. The van der Waals surface area contributed by atoms with Gasteiger partial charge < -0.3 is 10.1 Å². The van der Waals surface area contributed by atoms with E-state index in [4.69, 9.17) is 4.74 Å². The van der Waals surface area contributed by atoms with Crippen molar-refractivity contribution in [3.8, 4) is 11.8 Å². The summed E-state index contributed by atoms with van der Waals surface area (Å²) in [6, 6.07) is 17.2. The van der Waals surface area contributed by atoms with E-state index in [0.29, 0.717) is 23.9 Å². The highest BCUT2D eigenvalue weighted by Crippen LogP contribution is 2.27. The van der Waals surface area contributed by atoms with Gasteiger partial charge in [0.15, 0.2) is 6.61 Å². The van der Waals surface area contributed by atoms with Gasteiger partial charge in [-0.05, 0) is 50.1 Å². The van der Waals surface area contributed by atoms with Crippen LogP contribution in [0.2, 0.25) is 0 Å². The smallest absolute Gasteiger partial charge is 0.338 e. The van der Waals surface area contributed by atoms with Gasteiger partial charge in [-0.2, -0.15) is 5.26 Å². The van der Waals surface area contributed by atoms with Crippen molar-refractivity contribution >= 4 is 22.9 Å². The number of hydrogen-bond donors (Lipinski definition) is 1. The molecule has 2 aromatic carbocycles. The van der Waals surface area contributed by atoms with Crippen LogP contribution in [-0.4, -0.2) is 33.6 Å². The second kappa shape index (κ2) is 8.60. The number of ether oxygens (including phenoxy) is 1. The zero-order valence-corrected chi connectivity index (χ0v) is 17.4. The lowest BCUT2D eigenvalue weighted by Gasteiger charge is -2.31. The number of nitrogens with one attached hydrogen (secondary N) is 1. The van der Waals surface area contributed by atoms with E-state index in [0.717, 1.165) is 36.3 Å². The molecule has 0 radical (unpaired) electrons. The van der Waals surface area contributed by atoms with E-state index >= 15 is 0 Å². The number of aryl methyl sites for hydroxylation is 1. The second-order valence-electron chi connectivity index (χ2n) is 7.91. The first-order chi connectivity index (χ1) is 15.0. The van der Waals surface area contributed by atoms with E-state index in [2.05, 4.69) is 16.4 Å². The van der Waals surface area contributed by atoms with Crippen molar-refractivity contribution in [3.05, 3.63) is 59.9 Å². The maximum Gasteiger partial charge on any atom is 0.338 e. The molecule has 4 rings (SSSR count). The van der Waals surface area contributed by atoms with Gasteiger partial charge in [-0.1, -0.05) is 37.5 Å². The lowest BCUT2D eigenvalue weighted by molar-refractivity contribution is -0.125. The average Bonchev–Trinajstić information content (AvgIpc) is 3.13. The lowest BCUT2D eigenvalue weighted by atomic mass is 9.83. The quantitative estimate of drug-likeness (QED) is 0.638. The molecular weight excluding hydrogens is 392 g/mol. The van der Waals surface area contributed by atoms with E-state index in [1.807, 2.05) is 47.9 Å². The van der Waals surface area contributed by atoms with Gasteiger partial charge in [-0.3, -0.25) is 9.36 Å². The normalized spacial score (nSPS) is 15.2. The average molecular weight is 416 g/mol. The maximum absolute atomic E-state index is 12.5. The van der Waals surface area contributed by atoms with Crippen molar-refractivity contribution in [1.82, 2.24) is 14.9 Å². The molecule has 0 aliphatic heterocycles. The van der Waals surface area contributed by atoms with Gasteiger partial charge in [0.05, 0.1) is 22.7 Å². The van der Waals surface area contributed by atoms with Crippen LogP contribution in [0.5, 0.6) is 0 Å². The fourth-order valence-corrected chi connectivity index (χ4v) is 4.17. The molecule has 1 saturated carbocycles. The molecule has 1 fully saturated rings. The highest BCUT2D eigenvalue weighted by atomic mass is 16.5. The lowest BCUT2D eigenvalue weighted by Crippen LogP contribution is -2.50. The van der Waals surface area contributed by atoms with Crippen LogP contribution in [0.4, 0.5) is 0 Å². The van der Waals surface area contributed by atoms with Crippen LogP contribution in [0, 0.1) is 18.3 Å². The topological polar surface area (TPSA) is 97.0 Å². The minimum atomic E-state index is -0.845. The molecular formula is C24H24N4O3. The largest absolute Gasteiger partial charge is 0.452 e. The molecule has 1 aromatic heterocycles. The van der Waals surface area contributed by atoms with Crippen LogP contribution in [0.25, 0.3) is 16.7 Å². The fourth-order valence-electron chi connectivity index (χ4n) is 4.17. The third-order valence-electron chi connectivity index (χ3n) is 5.71. The Morgan fingerprint density at radius 2 is 1.90 bits per heavy atom.